The maximum Gasteiger partial charge on any atom is 0.312 e. The van der Waals surface area contributed by atoms with Gasteiger partial charge in [0.15, 0.2) is 0 Å². The van der Waals surface area contributed by atoms with Gasteiger partial charge in [-0.2, -0.15) is 0 Å². The van der Waals surface area contributed by atoms with Gasteiger partial charge in [-0.3, -0.25) is 15.1 Å². The van der Waals surface area contributed by atoms with Crippen LogP contribution in [0.5, 0.6) is 0 Å². The van der Waals surface area contributed by atoms with Gasteiger partial charge in [0, 0.05) is 6.20 Å². The Bertz CT molecular complexity index is 543. The maximum absolute atomic E-state index is 10.8. The summed E-state index contributed by atoms with van der Waals surface area (Å²) in [6.45, 7) is -0.406. The van der Waals surface area contributed by atoms with Crippen LogP contribution >= 0.6 is 0 Å². The van der Waals surface area contributed by atoms with Crippen molar-refractivity contribution < 1.29 is 10.0 Å². The molecule has 16 heavy (non-hydrogen) atoms. The van der Waals surface area contributed by atoms with Crippen LogP contribution in [0.25, 0.3) is 11.0 Å². The Morgan fingerprint density at radius 1 is 1.50 bits per heavy atom. The molecule has 2 N–H and O–H groups in total. The number of nitrogens with one attached hydrogen (secondary N) is 1. The van der Waals surface area contributed by atoms with Crippen molar-refractivity contribution >= 4 is 22.4 Å². The van der Waals surface area contributed by atoms with Gasteiger partial charge < -0.3 is 10.4 Å². The van der Waals surface area contributed by atoms with Crippen LogP contribution in [0.3, 0.4) is 0 Å². The predicted molar refractivity (Wildman–Crippen MR) is 56.9 cm³/mol. The monoisotopic (exact) mass is 220 g/mol. The average molecular weight is 220 g/mol. The minimum absolute atomic E-state index is 0.179. The van der Waals surface area contributed by atoms with Gasteiger partial charge in [-0.15, -0.1) is 0 Å². The Morgan fingerprint density at radius 3 is 3.00 bits per heavy atom. The first-order valence-electron chi connectivity index (χ1n) is 4.47. The van der Waals surface area contributed by atoms with Crippen LogP contribution in [0.1, 0.15) is 0 Å². The average Bonchev–Trinajstić information content (AvgIpc) is 2.29. The Morgan fingerprint density at radius 2 is 2.31 bits per heavy atom. The molecule has 0 saturated heterocycles. The van der Waals surface area contributed by atoms with Crippen molar-refractivity contribution in [3.8, 4) is 0 Å². The normalized spacial score (nSPS) is 10.3. The standard InChI is InChI=1S/C9H8N4O3/c14-5-12-9-7(13(15)16)4-11-6-2-1-3-10-8(6)9/h1-4,14H,5H2,(H,11,12). The number of aliphatic hydroxyl groups is 1. The lowest BCUT2D eigenvalue weighted by molar-refractivity contribution is -0.384. The van der Waals surface area contributed by atoms with Crippen LogP contribution < -0.4 is 5.32 Å². The Hall–Kier alpha value is -2.28. The van der Waals surface area contributed by atoms with E-state index < -0.39 is 11.7 Å². The Kier molecular flexibility index (Phi) is 2.61. The minimum atomic E-state index is -0.570. The summed E-state index contributed by atoms with van der Waals surface area (Å²) >= 11 is 0. The Balaban J connectivity index is 2.73. The molecular weight excluding hydrogens is 212 g/mol. The minimum Gasteiger partial charge on any atom is -0.377 e. The zero-order chi connectivity index (χ0) is 11.5. The second kappa shape index (κ2) is 4.07. The summed E-state index contributed by atoms with van der Waals surface area (Å²) in [5.74, 6) is 0. The lowest BCUT2D eigenvalue weighted by Gasteiger charge is -2.06. The maximum atomic E-state index is 10.8. The highest BCUT2D eigenvalue weighted by Gasteiger charge is 2.18. The van der Waals surface area contributed by atoms with E-state index >= 15 is 0 Å². The molecule has 0 bridgehead atoms. The van der Waals surface area contributed by atoms with Crippen molar-refractivity contribution in [3.05, 3.63) is 34.6 Å². The SMILES string of the molecule is O=[N+]([O-])c1cnc2cccnc2c1NCO. The molecule has 2 rings (SSSR count). The number of nitro groups is 1. The van der Waals surface area contributed by atoms with Crippen molar-refractivity contribution in [1.29, 1.82) is 0 Å². The number of nitrogens with zero attached hydrogens (tertiary/aromatic N) is 3. The van der Waals surface area contributed by atoms with Crippen molar-refractivity contribution in [2.45, 2.75) is 0 Å². The van der Waals surface area contributed by atoms with Crippen molar-refractivity contribution in [1.82, 2.24) is 9.97 Å². The van der Waals surface area contributed by atoms with Crippen molar-refractivity contribution in [3.63, 3.8) is 0 Å². The molecule has 0 atom stereocenters. The molecule has 0 aliphatic carbocycles. The number of hydrogen-bond acceptors (Lipinski definition) is 6. The molecule has 0 spiro atoms. The highest BCUT2D eigenvalue weighted by Crippen LogP contribution is 2.29. The summed E-state index contributed by atoms with van der Waals surface area (Å²) in [5.41, 5.74) is 0.869. The topological polar surface area (TPSA) is 101 Å². The summed E-state index contributed by atoms with van der Waals surface area (Å²) in [4.78, 5) is 18.1. The molecule has 0 aliphatic heterocycles. The summed E-state index contributed by atoms with van der Waals surface area (Å²) < 4.78 is 0. The number of aromatic nitrogens is 2. The van der Waals surface area contributed by atoms with Crippen LogP contribution in [0.2, 0.25) is 0 Å². The van der Waals surface area contributed by atoms with Gasteiger partial charge >= 0.3 is 5.69 Å². The van der Waals surface area contributed by atoms with E-state index in [1.54, 1.807) is 12.1 Å². The van der Waals surface area contributed by atoms with Crippen LogP contribution in [-0.4, -0.2) is 26.7 Å². The third-order valence-corrected chi connectivity index (χ3v) is 2.06. The fourth-order valence-electron chi connectivity index (χ4n) is 1.40. The molecule has 0 saturated carbocycles. The van der Waals surface area contributed by atoms with Crippen molar-refractivity contribution in [2.24, 2.45) is 0 Å². The van der Waals surface area contributed by atoms with E-state index in [9.17, 15) is 10.1 Å². The number of aliphatic hydroxyl groups excluding tert-OH is 1. The molecule has 0 fully saturated rings. The second-order valence-electron chi connectivity index (χ2n) is 2.98. The third kappa shape index (κ3) is 1.63. The molecule has 0 aromatic carbocycles. The van der Waals surface area contributed by atoms with E-state index in [0.29, 0.717) is 11.0 Å². The first kappa shape index (κ1) is 10.2. The van der Waals surface area contributed by atoms with Crippen LogP contribution in [0.4, 0.5) is 11.4 Å². The summed E-state index contributed by atoms with van der Waals surface area (Å²) in [7, 11) is 0. The van der Waals surface area contributed by atoms with Crippen LogP contribution in [-0.2, 0) is 0 Å². The zero-order valence-electron chi connectivity index (χ0n) is 8.12. The molecule has 0 unspecified atom stereocenters. The van der Waals surface area contributed by atoms with E-state index in [-0.39, 0.29) is 11.4 Å². The van der Waals surface area contributed by atoms with E-state index in [4.69, 9.17) is 5.11 Å². The van der Waals surface area contributed by atoms with Gasteiger partial charge in [-0.1, -0.05) is 0 Å². The number of fused-ring (bicyclic) bond motifs is 1. The van der Waals surface area contributed by atoms with E-state index in [2.05, 4.69) is 15.3 Å². The predicted octanol–water partition coefficient (Wildman–Crippen LogP) is 0.900. The van der Waals surface area contributed by atoms with E-state index in [1.807, 2.05) is 0 Å². The first-order chi connectivity index (χ1) is 7.74. The van der Waals surface area contributed by atoms with Gasteiger partial charge in [-0.25, -0.2) is 4.98 Å². The first-order valence-corrected chi connectivity index (χ1v) is 4.47. The van der Waals surface area contributed by atoms with E-state index in [1.165, 1.54) is 6.20 Å². The zero-order valence-corrected chi connectivity index (χ0v) is 8.12. The molecule has 0 aliphatic rings. The lowest BCUT2D eigenvalue weighted by Crippen LogP contribution is -2.05. The van der Waals surface area contributed by atoms with Crippen molar-refractivity contribution in [2.75, 3.05) is 12.0 Å². The molecule has 82 valence electrons. The molecule has 0 amide bonds. The van der Waals surface area contributed by atoms with Gasteiger partial charge in [0.25, 0.3) is 0 Å². The molecule has 0 radical (unpaired) electrons. The smallest absolute Gasteiger partial charge is 0.312 e. The summed E-state index contributed by atoms with van der Waals surface area (Å²) in [6, 6.07) is 3.37. The lowest BCUT2D eigenvalue weighted by atomic mass is 10.2. The molecule has 2 heterocycles. The quantitative estimate of drug-likeness (QED) is 0.452. The third-order valence-electron chi connectivity index (χ3n) is 2.06. The van der Waals surface area contributed by atoms with Crippen LogP contribution in [0.15, 0.2) is 24.5 Å². The number of pyridine rings is 2. The molecule has 2 aromatic rings. The van der Waals surface area contributed by atoms with Gasteiger partial charge in [0.05, 0.1) is 10.4 Å². The fraction of sp³-hybridized carbons (Fsp3) is 0.111. The van der Waals surface area contributed by atoms with Gasteiger partial charge in [0.1, 0.15) is 24.1 Å². The summed E-state index contributed by atoms with van der Waals surface area (Å²) in [5, 5.41) is 22.1. The molecule has 7 nitrogen and oxygen atoms in total. The van der Waals surface area contributed by atoms with E-state index in [0.717, 1.165) is 6.20 Å². The molecule has 7 heteroatoms. The highest BCUT2D eigenvalue weighted by molar-refractivity contribution is 5.92. The number of rotatable bonds is 3. The van der Waals surface area contributed by atoms with Gasteiger partial charge in [-0.05, 0) is 12.1 Å². The Labute approximate surface area is 89.9 Å². The van der Waals surface area contributed by atoms with Gasteiger partial charge in [0.2, 0.25) is 0 Å². The second-order valence-corrected chi connectivity index (χ2v) is 2.98. The molecular formula is C9H8N4O3. The van der Waals surface area contributed by atoms with Crippen LogP contribution in [0, 0.1) is 10.1 Å². The highest BCUT2D eigenvalue weighted by atomic mass is 16.6. The molecule has 2 aromatic heterocycles. The number of hydrogen-bond donors (Lipinski definition) is 2. The fourth-order valence-corrected chi connectivity index (χ4v) is 1.40. The summed E-state index contributed by atoms with van der Waals surface area (Å²) in [6.07, 6.45) is 2.65. The number of anilines is 1. The largest absolute Gasteiger partial charge is 0.377 e.